The van der Waals surface area contributed by atoms with E-state index in [9.17, 15) is 19.2 Å². The van der Waals surface area contributed by atoms with Crippen LogP contribution in [0.1, 0.15) is 64.8 Å². The first-order valence-electron chi connectivity index (χ1n) is 13.5. The Labute approximate surface area is 263 Å². The van der Waals surface area contributed by atoms with Gasteiger partial charge in [-0.05, 0) is 48.5 Å². The summed E-state index contributed by atoms with van der Waals surface area (Å²) in [6, 6.07) is 35.5. The van der Waals surface area contributed by atoms with Gasteiger partial charge in [-0.15, -0.1) is 0 Å². The number of ether oxygens (including phenoxy) is 2. The van der Waals surface area contributed by atoms with Crippen molar-refractivity contribution in [2.24, 2.45) is 0 Å². The first-order chi connectivity index (χ1) is 21.3. The number of Topliss-reactive ketones (excluding diaryl/α,β-unsaturated/α-hetero) is 2. The quantitative estimate of drug-likeness (QED) is 0.114. The molecule has 0 fully saturated rings. The first kappa shape index (κ1) is 30.4. The van der Waals surface area contributed by atoms with Gasteiger partial charge in [-0.2, -0.15) is 0 Å². The highest BCUT2D eigenvalue weighted by atomic mass is 35.5. The van der Waals surface area contributed by atoms with Crippen LogP contribution in [-0.2, 0) is 9.47 Å². The molecule has 0 amide bonds. The van der Waals surface area contributed by atoms with Gasteiger partial charge in [-0.25, -0.2) is 9.59 Å². The lowest BCUT2D eigenvalue weighted by molar-refractivity contribution is 0.0273. The molecule has 2 atom stereocenters. The van der Waals surface area contributed by atoms with Crippen LogP contribution < -0.4 is 0 Å². The molecule has 218 valence electrons. The van der Waals surface area contributed by atoms with E-state index >= 15 is 0 Å². The van der Waals surface area contributed by atoms with E-state index in [4.69, 9.17) is 32.7 Å². The highest BCUT2D eigenvalue weighted by Gasteiger charge is 2.29. The van der Waals surface area contributed by atoms with Crippen molar-refractivity contribution in [1.82, 2.24) is 0 Å². The summed E-state index contributed by atoms with van der Waals surface area (Å²) < 4.78 is 11.4. The van der Waals surface area contributed by atoms with Crippen LogP contribution in [0.4, 0.5) is 0 Å². The Hall–Kier alpha value is -5.04. The molecule has 0 saturated heterocycles. The minimum absolute atomic E-state index is 0.107. The Bertz CT molecular complexity index is 1640. The Morgan fingerprint density at radius 1 is 0.409 bits per heavy atom. The molecule has 5 aromatic rings. The number of hydrogen-bond acceptors (Lipinski definition) is 6. The van der Waals surface area contributed by atoms with Crippen LogP contribution in [-0.4, -0.2) is 23.5 Å². The summed E-state index contributed by atoms with van der Waals surface area (Å²) in [5.74, 6) is -2.35. The van der Waals surface area contributed by atoms with E-state index in [0.717, 1.165) is 0 Å². The van der Waals surface area contributed by atoms with Gasteiger partial charge in [0.15, 0.2) is 12.2 Å². The van der Waals surface area contributed by atoms with Crippen LogP contribution in [0.2, 0.25) is 10.0 Å². The molecule has 0 N–H and O–H groups in total. The largest absolute Gasteiger partial charge is 0.445 e. The molecule has 8 heteroatoms. The van der Waals surface area contributed by atoms with Crippen molar-refractivity contribution in [3.63, 3.8) is 0 Å². The van der Waals surface area contributed by atoms with Crippen LogP contribution in [0.5, 0.6) is 0 Å². The minimum atomic E-state index is -1.23. The van der Waals surface area contributed by atoms with E-state index in [1.165, 1.54) is 24.3 Å². The van der Waals surface area contributed by atoms with Crippen molar-refractivity contribution in [2.75, 3.05) is 0 Å². The zero-order valence-corrected chi connectivity index (χ0v) is 24.6. The lowest BCUT2D eigenvalue weighted by Crippen LogP contribution is -2.21. The summed E-state index contributed by atoms with van der Waals surface area (Å²) in [4.78, 5) is 53.0. The maximum atomic E-state index is 13.3. The van der Waals surface area contributed by atoms with Gasteiger partial charge in [-0.1, -0.05) is 108 Å². The molecule has 44 heavy (non-hydrogen) atoms. The normalized spacial score (nSPS) is 12.0. The van der Waals surface area contributed by atoms with Gasteiger partial charge in [0.05, 0.1) is 11.1 Å². The van der Waals surface area contributed by atoms with E-state index in [-0.39, 0.29) is 11.1 Å². The molecule has 6 nitrogen and oxygen atoms in total. The van der Waals surface area contributed by atoms with Crippen LogP contribution in [0, 0.1) is 0 Å². The van der Waals surface area contributed by atoms with E-state index in [1.807, 2.05) is 0 Å². The molecule has 0 radical (unpaired) electrons. The second-order valence-electron chi connectivity index (χ2n) is 9.71. The lowest BCUT2D eigenvalue weighted by Gasteiger charge is -2.18. The third kappa shape index (κ3) is 7.29. The Morgan fingerprint density at radius 2 is 0.727 bits per heavy atom. The summed E-state index contributed by atoms with van der Waals surface area (Å²) in [6.45, 7) is 0. The van der Waals surface area contributed by atoms with E-state index in [0.29, 0.717) is 32.3 Å². The third-order valence-corrected chi connectivity index (χ3v) is 7.25. The smallest absolute Gasteiger partial charge is 0.339 e. The number of esters is 2. The molecule has 5 rings (SSSR count). The molecule has 0 spiro atoms. The fourth-order valence-corrected chi connectivity index (χ4v) is 4.67. The Kier molecular flexibility index (Phi) is 9.65. The number of rotatable bonds is 10. The molecule has 0 aliphatic heterocycles. The monoisotopic (exact) mass is 622 g/mol. The topological polar surface area (TPSA) is 86.7 Å². The summed E-state index contributed by atoms with van der Waals surface area (Å²) in [5.41, 5.74) is 1.87. The predicted octanol–water partition coefficient (Wildman–Crippen LogP) is 8.56. The second kappa shape index (κ2) is 14.0. The number of ketones is 2. The molecule has 0 aliphatic carbocycles. The molecule has 0 aliphatic rings. The average molecular weight is 623 g/mol. The number of carbonyl (C=O) groups is 4. The van der Waals surface area contributed by atoms with E-state index < -0.39 is 35.7 Å². The molecule has 5 aromatic carbocycles. The Morgan fingerprint density at radius 3 is 1.05 bits per heavy atom. The molecule has 0 bridgehead atoms. The molecule has 0 unspecified atom stereocenters. The number of halogens is 2. The SMILES string of the molecule is O=C(O[C@@H](C(=O)c1ccccc1)c1ccc(Cl)cc1)c1ccc(C(=O)O[C@@H](C(=O)c2ccccc2)c2ccc(Cl)cc2)cc1. The van der Waals surface area contributed by atoms with Gasteiger partial charge in [0.1, 0.15) is 0 Å². The fourth-order valence-electron chi connectivity index (χ4n) is 4.42. The van der Waals surface area contributed by atoms with Crippen molar-refractivity contribution in [3.05, 3.63) is 177 Å². The van der Waals surface area contributed by atoms with Gasteiger partial charge in [0.25, 0.3) is 0 Å². The van der Waals surface area contributed by atoms with Crippen LogP contribution in [0.25, 0.3) is 0 Å². The summed E-state index contributed by atoms with van der Waals surface area (Å²) in [5, 5.41) is 0.939. The fraction of sp³-hybridized carbons (Fsp3) is 0.0556. The van der Waals surface area contributed by atoms with E-state index in [2.05, 4.69) is 0 Å². The van der Waals surface area contributed by atoms with Gasteiger partial charge in [0, 0.05) is 32.3 Å². The Balaban J connectivity index is 1.35. The van der Waals surface area contributed by atoms with Crippen LogP contribution >= 0.6 is 23.2 Å². The van der Waals surface area contributed by atoms with Crippen LogP contribution in [0.15, 0.2) is 133 Å². The van der Waals surface area contributed by atoms with Gasteiger partial charge in [0.2, 0.25) is 11.6 Å². The zero-order valence-electron chi connectivity index (χ0n) is 23.1. The molecule has 0 saturated carbocycles. The maximum Gasteiger partial charge on any atom is 0.339 e. The number of benzene rings is 5. The molecular weight excluding hydrogens is 599 g/mol. The molecule has 0 aromatic heterocycles. The molecular formula is C36H24Cl2O6. The number of carbonyl (C=O) groups excluding carboxylic acids is 4. The maximum absolute atomic E-state index is 13.3. The summed E-state index contributed by atoms with van der Waals surface area (Å²) in [6.07, 6.45) is -2.45. The highest BCUT2D eigenvalue weighted by Crippen LogP contribution is 2.28. The van der Waals surface area contributed by atoms with Crippen molar-refractivity contribution in [3.8, 4) is 0 Å². The minimum Gasteiger partial charge on any atom is -0.445 e. The van der Waals surface area contributed by atoms with E-state index in [1.54, 1.807) is 109 Å². The zero-order chi connectivity index (χ0) is 31.1. The predicted molar refractivity (Wildman–Crippen MR) is 167 cm³/mol. The second-order valence-corrected chi connectivity index (χ2v) is 10.6. The molecule has 0 heterocycles. The lowest BCUT2D eigenvalue weighted by atomic mass is 9.99. The van der Waals surface area contributed by atoms with Gasteiger partial charge in [-0.3, -0.25) is 9.59 Å². The summed E-state index contributed by atoms with van der Waals surface area (Å²) >= 11 is 12.0. The average Bonchev–Trinajstić information content (AvgIpc) is 3.07. The van der Waals surface area contributed by atoms with Crippen LogP contribution in [0.3, 0.4) is 0 Å². The summed E-state index contributed by atoms with van der Waals surface area (Å²) in [7, 11) is 0. The van der Waals surface area contributed by atoms with Crippen molar-refractivity contribution >= 4 is 46.7 Å². The van der Waals surface area contributed by atoms with Gasteiger partial charge >= 0.3 is 11.9 Å². The third-order valence-electron chi connectivity index (χ3n) is 6.74. The first-order valence-corrected chi connectivity index (χ1v) is 14.3. The number of hydrogen-bond donors (Lipinski definition) is 0. The van der Waals surface area contributed by atoms with Gasteiger partial charge < -0.3 is 9.47 Å². The highest BCUT2D eigenvalue weighted by molar-refractivity contribution is 6.30. The van der Waals surface area contributed by atoms with Crippen molar-refractivity contribution < 1.29 is 28.7 Å². The standard InChI is InChI=1S/C36H24Cl2O6/c37-29-19-15-25(16-20-29)33(31(39)23-7-3-1-4-8-23)43-35(41)27-11-13-28(14-12-27)36(42)44-34(26-17-21-30(38)22-18-26)32(40)24-9-5-2-6-10-24/h1-22,33-34H/t33-,34-/m1/s1. The van der Waals surface area contributed by atoms with Crippen molar-refractivity contribution in [1.29, 1.82) is 0 Å². The van der Waals surface area contributed by atoms with Crippen molar-refractivity contribution in [2.45, 2.75) is 12.2 Å².